The largest absolute Gasteiger partial charge is 0.353 e. The summed E-state index contributed by atoms with van der Waals surface area (Å²) in [5, 5.41) is 11.0. The number of hydrogen-bond donors (Lipinski definition) is 0. The molecule has 0 radical (unpaired) electrons. The van der Waals surface area contributed by atoms with Crippen LogP contribution in [0.4, 0.5) is 5.69 Å². The Morgan fingerprint density at radius 1 is 1.33 bits per heavy atom. The maximum absolute atomic E-state index is 12.1. The summed E-state index contributed by atoms with van der Waals surface area (Å²) in [6.45, 7) is 3.70. The van der Waals surface area contributed by atoms with Crippen LogP contribution in [0.15, 0.2) is 9.59 Å². The Morgan fingerprint density at radius 3 is 2.39 bits per heavy atom. The standard InChI is InChI=1S/C11H15N3O4/c1-3-12-10(15)9(14(17)18)7(2)13(11(12)16)6-8-4-5-8/h8H,3-6H2,1-2H3. The number of nitro groups is 1. The minimum Gasteiger partial charge on any atom is -0.291 e. The van der Waals surface area contributed by atoms with Gasteiger partial charge in [-0.1, -0.05) is 0 Å². The molecule has 98 valence electrons. The number of aromatic nitrogens is 2. The quantitative estimate of drug-likeness (QED) is 0.582. The summed E-state index contributed by atoms with van der Waals surface area (Å²) in [5.41, 5.74) is -1.58. The molecule has 0 aliphatic heterocycles. The normalized spacial score (nSPS) is 14.8. The molecule has 0 saturated heterocycles. The third kappa shape index (κ3) is 1.96. The summed E-state index contributed by atoms with van der Waals surface area (Å²) in [5.74, 6) is 0.406. The summed E-state index contributed by atoms with van der Waals surface area (Å²) < 4.78 is 2.29. The van der Waals surface area contributed by atoms with Crippen LogP contribution in [0.5, 0.6) is 0 Å². The fourth-order valence-electron chi connectivity index (χ4n) is 2.05. The van der Waals surface area contributed by atoms with E-state index < -0.39 is 21.9 Å². The Labute approximate surface area is 103 Å². The van der Waals surface area contributed by atoms with Crippen molar-refractivity contribution in [1.82, 2.24) is 9.13 Å². The zero-order valence-electron chi connectivity index (χ0n) is 10.4. The first-order chi connectivity index (χ1) is 8.47. The van der Waals surface area contributed by atoms with Crippen LogP contribution >= 0.6 is 0 Å². The van der Waals surface area contributed by atoms with Crippen LogP contribution in [-0.2, 0) is 13.1 Å². The zero-order chi connectivity index (χ0) is 13.4. The highest BCUT2D eigenvalue weighted by molar-refractivity contribution is 5.32. The lowest BCUT2D eigenvalue weighted by Crippen LogP contribution is -2.42. The minimum absolute atomic E-state index is 0.142. The molecule has 7 heteroatoms. The third-order valence-corrected chi connectivity index (χ3v) is 3.29. The van der Waals surface area contributed by atoms with Gasteiger partial charge in [0.15, 0.2) is 0 Å². The van der Waals surface area contributed by atoms with Crippen LogP contribution < -0.4 is 11.2 Å². The van der Waals surface area contributed by atoms with Gasteiger partial charge in [-0.3, -0.25) is 24.0 Å². The van der Waals surface area contributed by atoms with Gasteiger partial charge in [-0.05, 0) is 32.6 Å². The lowest BCUT2D eigenvalue weighted by atomic mass is 10.3. The average molecular weight is 253 g/mol. The highest BCUT2D eigenvalue weighted by atomic mass is 16.6. The maximum atomic E-state index is 12.1. The van der Waals surface area contributed by atoms with Gasteiger partial charge >= 0.3 is 16.9 Å². The minimum atomic E-state index is -0.808. The summed E-state index contributed by atoms with van der Waals surface area (Å²) in [6, 6.07) is 0. The van der Waals surface area contributed by atoms with Gasteiger partial charge < -0.3 is 0 Å². The lowest BCUT2D eigenvalue weighted by molar-refractivity contribution is -0.387. The fraction of sp³-hybridized carbons (Fsp3) is 0.636. The highest BCUT2D eigenvalue weighted by Crippen LogP contribution is 2.30. The van der Waals surface area contributed by atoms with Gasteiger partial charge in [0.2, 0.25) is 0 Å². The molecular weight excluding hydrogens is 238 g/mol. The molecule has 1 saturated carbocycles. The molecule has 0 N–H and O–H groups in total. The molecule has 1 fully saturated rings. The van der Waals surface area contributed by atoms with Gasteiger partial charge in [-0.15, -0.1) is 0 Å². The smallest absolute Gasteiger partial charge is 0.291 e. The molecule has 1 heterocycles. The van der Waals surface area contributed by atoms with E-state index in [-0.39, 0.29) is 12.2 Å². The van der Waals surface area contributed by atoms with Crippen molar-refractivity contribution >= 4 is 5.69 Å². The van der Waals surface area contributed by atoms with E-state index in [0.717, 1.165) is 17.4 Å². The second-order valence-electron chi connectivity index (χ2n) is 4.58. The van der Waals surface area contributed by atoms with E-state index >= 15 is 0 Å². The molecule has 18 heavy (non-hydrogen) atoms. The lowest BCUT2D eigenvalue weighted by Gasteiger charge is -2.11. The second-order valence-corrected chi connectivity index (χ2v) is 4.58. The van der Waals surface area contributed by atoms with Gasteiger partial charge in [-0.25, -0.2) is 4.79 Å². The SMILES string of the molecule is CCn1c(=O)c([N+](=O)[O-])c(C)n(CC2CC2)c1=O. The van der Waals surface area contributed by atoms with Crippen LogP contribution in [0, 0.1) is 23.0 Å². The third-order valence-electron chi connectivity index (χ3n) is 3.29. The Hall–Kier alpha value is -1.92. The van der Waals surface area contributed by atoms with Crippen LogP contribution in [-0.4, -0.2) is 14.1 Å². The van der Waals surface area contributed by atoms with Crippen LogP contribution in [0.2, 0.25) is 0 Å². The van der Waals surface area contributed by atoms with E-state index in [9.17, 15) is 19.7 Å². The molecule has 0 bridgehead atoms. The Balaban J connectivity index is 2.71. The number of hydrogen-bond acceptors (Lipinski definition) is 4. The van der Waals surface area contributed by atoms with Crippen LogP contribution in [0.3, 0.4) is 0 Å². The first-order valence-corrected chi connectivity index (χ1v) is 5.96. The molecule has 0 atom stereocenters. The van der Waals surface area contributed by atoms with Crippen molar-refractivity contribution in [2.45, 2.75) is 39.8 Å². The molecule has 0 spiro atoms. The molecule has 1 aromatic heterocycles. The van der Waals surface area contributed by atoms with E-state index in [1.54, 1.807) is 6.92 Å². The predicted octanol–water partition coefficient (Wildman–Crippen LogP) is 0.657. The van der Waals surface area contributed by atoms with Crippen molar-refractivity contribution < 1.29 is 4.92 Å². The van der Waals surface area contributed by atoms with Crippen molar-refractivity contribution in [1.29, 1.82) is 0 Å². The predicted molar refractivity (Wildman–Crippen MR) is 64.8 cm³/mol. The van der Waals surface area contributed by atoms with E-state index in [2.05, 4.69) is 0 Å². The fourth-order valence-corrected chi connectivity index (χ4v) is 2.05. The molecule has 2 rings (SSSR count). The number of nitrogens with zero attached hydrogens (tertiary/aromatic N) is 3. The topological polar surface area (TPSA) is 87.1 Å². The molecule has 0 amide bonds. The first-order valence-electron chi connectivity index (χ1n) is 5.96. The molecule has 0 aromatic carbocycles. The van der Waals surface area contributed by atoms with Crippen molar-refractivity contribution in [3.8, 4) is 0 Å². The first kappa shape index (κ1) is 12.5. The summed E-state index contributed by atoms with van der Waals surface area (Å²) in [4.78, 5) is 34.2. The second kappa shape index (κ2) is 4.40. The van der Waals surface area contributed by atoms with Crippen molar-refractivity contribution in [3.63, 3.8) is 0 Å². The Morgan fingerprint density at radius 2 is 1.94 bits per heavy atom. The summed E-state index contributed by atoms with van der Waals surface area (Å²) >= 11 is 0. The van der Waals surface area contributed by atoms with E-state index in [1.807, 2.05) is 0 Å². The van der Waals surface area contributed by atoms with Crippen molar-refractivity contribution in [2.75, 3.05) is 0 Å². The highest BCUT2D eigenvalue weighted by Gasteiger charge is 2.28. The van der Waals surface area contributed by atoms with Gasteiger partial charge in [0.25, 0.3) is 0 Å². The average Bonchev–Trinajstić information content (AvgIpc) is 3.08. The zero-order valence-corrected chi connectivity index (χ0v) is 10.4. The van der Waals surface area contributed by atoms with Crippen molar-refractivity contribution in [2.24, 2.45) is 5.92 Å². The Bertz CT molecular complexity index is 610. The molecule has 7 nitrogen and oxygen atoms in total. The summed E-state index contributed by atoms with van der Waals surface area (Å²) in [6.07, 6.45) is 2.07. The number of rotatable bonds is 4. The molecule has 1 aliphatic carbocycles. The summed E-state index contributed by atoms with van der Waals surface area (Å²) in [7, 11) is 0. The van der Waals surface area contributed by atoms with E-state index in [1.165, 1.54) is 11.5 Å². The van der Waals surface area contributed by atoms with Gasteiger partial charge in [0.1, 0.15) is 5.69 Å². The van der Waals surface area contributed by atoms with Gasteiger partial charge in [-0.2, -0.15) is 0 Å². The molecule has 1 aliphatic rings. The van der Waals surface area contributed by atoms with Crippen molar-refractivity contribution in [3.05, 3.63) is 36.6 Å². The molecule has 0 unspecified atom stereocenters. The van der Waals surface area contributed by atoms with Crippen LogP contribution in [0.1, 0.15) is 25.5 Å². The van der Waals surface area contributed by atoms with E-state index in [4.69, 9.17) is 0 Å². The molecule has 1 aromatic rings. The molecular formula is C11H15N3O4. The maximum Gasteiger partial charge on any atom is 0.353 e. The van der Waals surface area contributed by atoms with Gasteiger partial charge in [0.05, 0.1) is 4.92 Å². The Kier molecular flexibility index (Phi) is 3.06. The van der Waals surface area contributed by atoms with Crippen LogP contribution in [0.25, 0.3) is 0 Å². The van der Waals surface area contributed by atoms with E-state index in [0.29, 0.717) is 12.5 Å². The van der Waals surface area contributed by atoms with Gasteiger partial charge in [0, 0.05) is 13.1 Å². The monoisotopic (exact) mass is 253 g/mol.